The van der Waals surface area contributed by atoms with E-state index < -0.39 is 15.9 Å². The summed E-state index contributed by atoms with van der Waals surface area (Å²) in [5.41, 5.74) is 0.696. The molecule has 0 aromatic heterocycles. The molecule has 162 valence electrons. The van der Waals surface area contributed by atoms with Crippen LogP contribution in [0.3, 0.4) is 0 Å². The maximum absolute atomic E-state index is 12.5. The Kier molecular flexibility index (Phi) is 7.27. The molecule has 1 amide bonds. The van der Waals surface area contributed by atoms with Gasteiger partial charge in [-0.1, -0.05) is 29.3 Å². The smallest absolute Gasteiger partial charge is 0.262 e. The summed E-state index contributed by atoms with van der Waals surface area (Å²) >= 11 is 12.0. The van der Waals surface area contributed by atoms with Crippen LogP contribution < -0.4 is 19.5 Å². The molecule has 0 aliphatic carbocycles. The highest BCUT2D eigenvalue weighted by atomic mass is 35.5. The summed E-state index contributed by atoms with van der Waals surface area (Å²) in [6, 6.07) is 17.0. The van der Waals surface area contributed by atoms with Crippen LogP contribution in [0.15, 0.2) is 71.6 Å². The lowest BCUT2D eigenvalue weighted by atomic mass is 10.3. The van der Waals surface area contributed by atoms with E-state index in [0.717, 1.165) is 0 Å². The van der Waals surface area contributed by atoms with Gasteiger partial charge in [0.05, 0.1) is 27.7 Å². The zero-order valence-electron chi connectivity index (χ0n) is 16.3. The van der Waals surface area contributed by atoms with Crippen molar-refractivity contribution in [3.8, 4) is 11.5 Å². The maximum atomic E-state index is 12.5. The monoisotopic (exact) mass is 480 g/mol. The van der Waals surface area contributed by atoms with Crippen molar-refractivity contribution in [3.63, 3.8) is 0 Å². The molecule has 0 fully saturated rings. The van der Waals surface area contributed by atoms with Gasteiger partial charge in [-0.25, -0.2) is 8.42 Å². The number of rotatable bonds is 8. The molecule has 0 atom stereocenters. The highest BCUT2D eigenvalue weighted by Gasteiger charge is 2.15. The molecule has 3 aromatic carbocycles. The molecule has 0 spiro atoms. The summed E-state index contributed by atoms with van der Waals surface area (Å²) in [5.74, 6) is 0.474. The maximum Gasteiger partial charge on any atom is 0.262 e. The zero-order valence-corrected chi connectivity index (χ0v) is 18.6. The number of benzene rings is 3. The molecule has 0 aliphatic heterocycles. The van der Waals surface area contributed by atoms with E-state index in [9.17, 15) is 13.2 Å². The number of hydrogen-bond acceptors (Lipinski definition) is 5. The Hall–Kier alpha value is -2.94. The lowest BCUT2D eigenvalue weighted by Gasteiger charge is -2.11. The van der Waals surface area contributed by atoms with Crippen molar-refractivity contribution in [3.05, 3.63) is 76.8 Å². The fourth-order valence-corrected chi connectivity index (χ4v) is 4.08. The highest BCUT2D eigenvalue weighted by Crippen LogP contribution is 2.29. The Labute approximate surface area is 189 Å². The minimum Gasteiger partial charge on any atom is -0.497 e. The van der Waals surface area contributed by atoms with Crippen LogP contribution >= 0.6 is 23.2 Å². The van der Waals surface area contributed by atoms with Gasteiger partial charge in [-0.3, -0.25) is 9.52 Å². The van der Waals surface area contributed by atoms with Gasteiger partial charge in [0, 0.05) is 5.69 Å². The normalized spacial score (nSPS) is 10.9. The van der Waals surface area contributed by atoms with Crippen molar-refractivity contribution in [2.75, 3.05) is 23.8 Å². The number of amides is 1. The Balaban J connectivity index is 1.59. The summed E-state index contributed by atoms with van der Waals surface area (Å²) in [6.07, 6.45) is 0. The topological polar surface area (TPSA) is 93.7 Å². The van der Waals surface area contributed by atoms with E-state index in [1.807, 2.05) is 0 Å². The second-order valence-electron chi connectivity index (χ2n) is 6.24. The van der Waals surface area contributed by atoms with E-state index in [2.05, 4.69) is 10.0 Å². The molecule has 7 nitrogen and oxygen atoms in total. The van der Waals surface area contributed by atoms with E-state index >= 15 is 0 Å². The number of carbonyl (C=O) groups is 1. The van der Waals surface area contributed by atoms with Crippen molar-refractivity contribution < 1.29 is 22.7 Å². The number of nitrogens with one attached hydrogen (secondary N) is 2. The van der Waals surface area contributed by atoms with Crippen LogP contribution in [0.4, 0.5) is 11.4 Å². The molecule has 0 radical (unpaired) electrons. The third-order valence-electron chi connectivity index (χ3n) is 4.07. The van der Waals surface area contributed by atoms with E-state index in [1.54, 1.807) is 42.5 Å². The third-order valence-corrected chi connectivity index (χ3v) is 6.10. The van der Waals surface area contributed by atoms with Crippen LogP contribution in [-0.2, 0) is 14.8 Å². The molecule has 31 heavy (non-hydrogen) atoms. The van der Waals surface area contributed by atoms with Gasteiger partial charge in [-0.2, -0.15) is 0 Å². The lowest BCUT2D eigenvalue weighted by Crippen LogP contribution is -2.20. The average molecular weight is 481 g/mol. The van der Waals surface area contributed by atoms with Crippen molar-refractivity contribution in [2.45, 2.75) is 4.90 Å². The predicted molar refractivity (Wildman–Crippen MR) is 121 cm³/mol. The number of hydrogen-bond donors (Lipinski definition) is 2. The minimum absolute atomic E-state index is 0.0444. The standard InChI is InChI=1S/C21H18Cl2N2O5S/c1-29-15-7-5-14(6-8-15)25-31(27,28)17-11-9-16(10-12-17)30-13-20(26)24-21-18(22)3-2-4-19(21)23/h2-12,25H,13H2,1H3,(H,24,26). The molecule has 10 heteroatoms. The molecule has 0 saturated heterocycles. The van der Waals surface area contributed by atoms with Gasteiger partial charge in [-0.05, 0) is 60.7 Å². The first-order valence-corrected chi connectivity index (χ1v) is 11.2. The molecule has 3 rings (SSSR count). The van der Waals surface area contributed by atoms with Gasteiger partial charge in [0.1, 0.15) is 11.5 Å². The Bertz CT molecular complexity index is 1150. The predicted octanol–water partition coefficient (Wildman–Crippen LogP) is 4.82. The fraction of sp³-hybridized carbons (Fsp3) is 0.0952. The number of para-hydroxylation sites is 1. The SMILES string of the molecule is COc1ccc(NS(=O)(=O)c2ccc(OCC(=O)Nc3c(Cl)cccc3Cl)cc2)cc1. The quantitative estimate of drug-likeness (QED) is 0.481. The van der Waals surface area contributed by atoms with Crippen molar-refractivity contribution in [1.29, 1.82) is 0 Å². The van der Waals surface area contributed by atoms with Crippen LogP contribution in [0, 0.1) is 0 Å². The molecule has 0 aliphatic rings. The van der Waals surface area contributed by atoms with Gasteiger partial charge in [-0.15, -0.1) is 0 Å². The number of anilines is 2. The summed E-state index contributed by atoms with van der Waals surface area (Å²) in [6.45, 7) is -0.308. The van der Waals surface area contributed by atoms with E-state index in [4.69, 9.17) is 32.7 Å². The van der Waals surface area contributed by atoms with Crippen LogP contribution in [0.2, 0.25) is 10.0 Å². The van der Waals surface area contributed by atoms with Crippen molar-refractivity contribution in [2.24, 2.45) is 0 Å². The molecule has 0 unspecified atom stereocenters. The fourth-order valence-electron chi connectivity index (χ4n) is 2.53. The van der Waals surface area contributed by atoms with Crippen LogP contribution in [0.25, 0.3) is 0 Å². The van der Waals surface area contributed by atoms with Gasteiger partial charge < -0.3 is 14.8 Å². The summed E-state index contributed by atoms with van der Waals surface area (Å²) in [7, 11) is -2.26. The number of ether oxygens (including phenoxy) is 2. The van der Waals surface area contributed by atoms with E-state index in [-0.39, 0.29) is 11.5 Å². The molecular weight excluding hydrogens is 463 g/mol. The number of halogens is 2. The van der Waals surface area contributed by atoms with Gasteiger partial charge in [0.2, 0.25) is 0 Å². The van der Waals surface area contributed by atoms with Crippen molar-refractivity contribution in [1.82, 2.24) is 0 Å². The summed E-state index contributed by atoms with van der Waals surface area (Å²) < 4.78 is 38.0. The van der Waals surface area contributed by atoms with E-state index in [1.165, 1.54) is 31.4 Å². The molecule has 0 heterocycles. The summed E-state index contributed by atoms with van der Waals surface area (Å²) in [5, 5.41) is 3.19. The molecular formula is C21H18Cl2N2O5S. The first kappa shape index (κ1) is 22.7. The molecule has 2 N–H and O–H groups in total. The second-order valence-corrected chi connectivity index (χ2v) is 8.74. The third kappa shape index (κ3) is 6.04. The highest BCUT2D eigenvalue weighted by molar-refractivity contribution is 7.92. The summed E-state index contributed by atoms with van der Waals surface area (Å²) in [4.78, 5) is 12.1. The first-order chi connectivity index (χ1) is 14.8. The van der Waals surface area contributed by atoms with Crippen LogP contribution in [0.5, 0.6) is 11.5 Å². The van der Waals surface area contributed by atoms with E-state index in [0.29, 0.717) is 32.9 Å². The minimum atomic E-state index is -3.79. The molecule has 3 aromatic rings. The molecule has 0 saturated carbocycles. The average Bonchev–Trinajstić information content (AvgIpc) is 2.75. The first-order valence-electron chi connectivity index (χ1n) is 8.92. The number of carbonyl (C=O) groups excluding carboxylic acids is 1. The zero-order chi connectivity index (χ0) is 22.4. The van der Waals surface area contributed by atoms with Gasteiger partial charge in [0.25, 0.3) is 15.9 Å². The van der Waals surface area contributed by atoms with Gasteiger partial charge in [0.15, 0.2) is 6.61 Å². The lowest BCUT2D eigenvalue weighted by molar-refractivity contribution is -0.118. The van der Waals surface area contributed by atoms with Crippen LogP contribution in [-0.4, -0.2) is 28.0 Å². The molecule has 0 bridgehead atoms. The second kappa shape index (κ2) is 9.91. The largest absolute Gasteiger partial charge is 0.497 e. The number of methoxy groups -OCH3 is 1. The number of sulfonamides is 1. The Morgan fingerprint density at radius 2 is 1.48 bits per heavy atom. The Morgan fingerprint density at radius 3 is 2.06 bits per heavy atom. The van der Waals surface area contributed by atoms with Gasteiger partial charge >= 0.3 is 0 Å². The Morgan fingerprint density at radius 1 is 0.903 bits per heavy atom. The van der Waals surface area contributed by atoms with Crippen molar-refractivity contribution >= 4 is 50.5 Å². The van der Waals surface area contributed by atoms with Crippen LogP contribution in [0.1, 0.15) is 0 Å².